The molecule has 0 fully saturated rings. The van der Waals surface area contributed by atoms with Gasteiger partial charge in [-0.3, -0.25) is 4.79 Å². The summed E-state index contributed by atoms with van der Waals surface area (Å²) in [4.78, 5) is 18.7. The number of nitrogens with zero attached hydrogens (tertiary/aromatic N) is 2. The van der Waals surface area contributed by atoms with Gasteiger partial charge in [-0.2, -0.15) is 13.2 Å². The van der Waals surface area contributed by atoms with Crippen LogP contribution in [-0.4, -0.2) is 56.4 Å². The molecule has 0 saturated heterocycles. The lowest BCUT2D eigenvalue weighted by atomic mass is 10.0. The Morgan fingerprint density at radius 2 is 1.64 bits per heavy atom. The molecule has 0 saturated carbocycles. The van der Waals surface area contributed by atoms with E-state index in [4.69, 9.17) is 14.2 Å². The second kappa shape index (κ2) is 9.97. The summed E-state index contributed by atoms with van der Waals surface area (Å²) in [6.07, 6.45) is -4.11. The summed E-state index contributed by atoms with van der Waals surface area (Å²) in [7, 11) is 4.43. The third kappa shape index (κ3) is 5.30. The number of benzene rings is 2. The number of halogens is 3. The van der Waals surface area contributed by atoms with E-state index in [0.717, 1.165) is 4.90 Å². The third-order valence-corrected chi connectivity index (χ3v) is 5.06. The Labute approximate surface area is 189 Å². The van der Waals surface area contributed by atoms with Gasteiger partial charge in [0.1, 0.15) is 6.54 Å². The number of rotatable bonds is 8. The maximum absolute atomic E-state index is 13.3. The van der Waals surface area contributed by atoms with Crippen LogP contribution in [0.3, 0.4) is 0 Å². The number of amides is 1. The summed E-state index contributed by atoms with van der Waals surface area (Å²) in [5, 5.41) is 0.474. The van der Waals surface area contributed by atoms with E-state index in [-0.39, 0.29) is 12.1 Å². The number of carbonyl (C=O) groups excluding carboxylic acids is 1. The summed E-state index contributed by atoms with van der Waals surface area (Å²) in [6.45, 7) is 0.382. The van der Waals surface area contributed by atoms with Crippen molar-refractivity contribution < 1.29 is 32.2 Å². The van der Waals surface area contributed by atoms with Crippen molar-refractivity contribution in [2.24, 2.45) is 0 Å². The minimum atomic E-state index is -4.51. The topological polar surface area (TPSA) is 60.9 Å². The van der Waals surface area contributed by atoms with E-state index in [1.807, 2.05) is 0 Å². The SMILES string of the molecule is CCCN(CC(F)(F)F)C(=O)c1cc(-c2cc(OC)c(OC)c(OC)c2)nc2ccccc12. The van der Waals surface area contributed by atoms with Crippen molar-refractivity contribution in [1.82, 2.24) is 9.88 Å². The lowest BCUT2D eigenvalue weighted by molar-refractivity contribution is -0.140. The lowest BCUT2D eigenvalue weighted by Gasteiger charge is -2.24. The highest BCUT2D eigenvalue weighted by molar-refractivity contribution is 6.07. The largest absolute Gasteiger partial charge is 0.493 e. The Morgan fingerprint density at radius 3 is 2.18 bits per heavy atom. The van der Waals surface area contributed by atoms with Gasteiger partial charge >= 0.3 is 6.18 Å². The van der Waals surface area contributed by atoms with Crippen molar-refractivity contribution in [2.75, 3.05) is 34.4 Å². The van der Waals surface area contributed by atoms with Gasteiger partial charge in [-0.05, 0) is 30.7 Å². The third-order valence-electron chi connectivity index (χ3n) is 5.06. The first-order chi connectivity index (χ1) is 15.7. The molecule has 1 aromatic heterocycles. The van der Waals surface area contributed by atoms with E-state index in [2.05, 4.69) is 4.98 Å². The van der Waals surface area contributed by atoms with Crippen LogP contribution >= 0.6 is 0 Å². The van der Waals surface area contributed by atoms with Crippen molar-refractivity contribution in [2.45, 2.75) is 19.5 Å². The molecule has 1 heterocycles. The smallest absolute Gasteiger partial charge is 0.406 e. The van der Waals surface area contributed by atoms with E-state index in [1.54, 1.807) is 43.3 Å². The molecule has 0 N–H and O–H groups in total. The zero-order valence-electron chi connectivity index (χ0n) is 18.8. The molecule has 2 aromatic carbocycles. The lowest BCUT2D eigenvalue weighted by Crippen LogP contribution is -2.39. The fourth-order valence-electron chi connectivity index (χ4n) is 3.64. The summed E-state index contributed by atoms with van der Waals surface area (Å²) in [5.41, 5.74) is 1.57. The molecule has 3 rings (SSSR count). The quantitative estimate of drug-likeness (QED) is 0.452. The molecule has 9 heteroatoms. The van der Waals surface area contributed by atoms with Crippen LogP contribution in [-0.2, 0) is 0 Å². The molecule has 0 aliphatic carbocycles. The highest BCUT2D eigenvalue weighted by Gasteiger charge is 2.33. The molecule has 0 aliphatic heterocycles. The van der Waals surface area contributed by atoms with Gasteiger partial charge in [0.2, 0.25) is 5.75 Å². The van der Waals surface area contributed by atoms with Gasteiger partial charge in [0.25, 0.3) is 5.91 Å². The monoisotopic (exact) mass is 462 g/mol. The number of para-hydroxylation sites is 1. The Balaban J connectivity index is 2.20. The summed E-state index contributed by atoms with van der Waals surface area (Å²) >= 11 is 0. The van der Waals surface area contributed by atoms with Crippen LogP contribution in [0.25, 0.3) is 22.2 Å². The number of pyridine rings is 1. The number of alkyl halides is 3. The van der Waals surface area contributed by atoms with Gasteiger partial charge in [-0.15, -0.1) is 0 Å². The fraction of sp³-hybridized carbons (Fsp3) is 0.333. The number of hydrogen-bond donors (Lipinski definition) is 0. The Bertz CT molecular complexity index is 1120. The van der Waals surface area contributed by atoms with Crippen molar-refractivity contribution >= 4 is 16.8 Å². The van der Waals surface area contributed by atoms with Gasteiger partial charge < -0.3 is 19.1 Å². The van der Waals surface area contributed by atoms with Crippen LogP contribution in [0.2, 0.25) is 0 Å². The standard InChI is InChI=1S/C24H25F3N2O4/c1-5-10-29(14-24(25,26)27)23(30)17-13-19(28-18-9-7-6-8-16(17)18)15-11-20(31-2)22(33-4)21(12-15)32-3/h6-9,11-13H,5,10,14H2,1-4H3. The fourth-order valence-corrected chi connectivity index (χ4v) is 3.64. The van der Waals surface area contributed by atoms with Crippen LogP contribution in [0.15, 0.2) is 42.5 Å². The molecule has 0 spiro atoms. The second-order valence-corrected chi connectivity index (χ2v) is 7.33. The molecule has 1 amide bonds. The van der Waals surface area contributed by atoms with Crippen LogP contribution < -0.4 is 14.2 Å². The Morgan fingerprint density at radius 1 is 1.00 bits per heavy atom. The summed E-state index contributed by atoms with van der Waals surface area (Å²) < 4.78 is 55.6. The van der Waals surface area contributed by atoms with Gasteiger partial charge in [-0.25, -0.2) is 4.98 Å². The first-order valence-corrected chi connectivity index (χ1v) is 10.3. The zero-order chi connectivity index (χ0) is 24.2. The molecule has 3 aromatic rings. The van der Waals surface area contributed by atoms with Gasteiger partial charge in [0, 0.05) is 17.5 Å². The molecule has 0 atom stereocenters. The average Bonchev–Trinajstić information content (AvgIpc) is 2.80. The summed E-state index contributed by atoms with van der Waals surface area (Å²) in [5.74, 6) is 0.459. The van der Waals surface area contributed by atoms with E-state index in [1.165, 1.54) is 27.4 Å². The van der Waals surface area contributed by atoms with Crippen molar-refractivity contribution in [3.8, 4) is 28.5 Å². The van der Waals surface area contributed by atoms with E-state index >= 15 is 0 Å². The van der Waals surface area contributed by atoms with Crippen LogP contribution in [0, 0.1) is 0 Å². The highest BCUT2D eigenvalue weighted by Crippen LogP contribution is 2.41. The first kappa shape index (κ1) is 24.2. The molecule has 176 valence electrons. The molecule has 0 aliphatic rings. The van der Waals surface area contributed by atoms with Crippen LogP contribution in [0.5, 0.6) is 17.2 Å². The predicted molar refractivity (Wildman–Crippen MR) is 119 cm³/mol. The molecule has 33 heavy (non-hydrogen) atoms. The number of methoxy groups -OCH3 is 3. The van der Waals surface area contributed by atoms with Crippen LogP contribution in [0.4, 0.5) is 13.2 Å². The molecule has 0 radical (unpaired) electrons. The van der Waals surface area contributed by atoms with Crippen LogP contribution in [0.1, 0.15) is 23.7 Å². The van der Waals surface area contributed by atoms with E-state index in [0.29, 0.717) is 45.8 Å². The van der Waals surface area contributed by atoms with Crippen molar-refractivity contribution in [3.63, 3.8) is 0 Å². The number of hydrogen-bond acceptors (Lipinski definition) is 5. The molecule has 6 nitrogen and oxygen atoms in total. The number of carbonyl (C=O) groups is 1. The highest BCUT2D eigenvalue weighted by atomic mass is 19.4. The normalized spacial score (nSPS) is 11.4. The van der Waals surface area contributed by atoms with E-state index in [9.17, 15) is 18.0 Å². The number of aromatic nitrogens is 1. The average molecular weight is 462 g/mol. The van der Waals surface area contributed by atoms with E-state index < -0.39 is 18.6 Å². The maximum Gasteiger partial charge on any atom is 0.406 e. The molecule has 0 bridgehead atoms. The molecule has 0 unspecified atom stereocenters. The predicted octanol–water partition coefficient (Wildman–Crippen LogP) is 5.34. The molecular formula is C24H25F3N2O4. The molecular weight excluding hydrogens is 437 g/mol. The Kier molecular flexibility index (Phi) is 7.30. The number of fused-ring (bicyclic) bond motifs is 1. The second-order valence-electron chi connectivity index (χ2n) is 7.33. The van der Waals surface area contributed by atoms with Gasteiger partial charge in [-0.1, -0.05) is 25.1 Å². The first-order valence-electron chi connectivity index (χ1n) is 10.3. The Hall–Kier alpha value is -3.49. The van der Waals surface area contributed by atoms with Crippen molar-refractivity contribution in [1.29, 1.82) is 0 Å². The van der Waals surface area contributed by atoms with Crippen molar-refractivity contribution in [3.05, 3.63) is 48.0 Å². The zero-order valence-corrected chi connectivity index (χ0v) is 18.8. The minimum absolute atomic E-state index is 0.0193. The maximum atomic E-state index is 13.3. The number of ether oxygens (including phenoxy) is 3. The summed E-state index contributed by atoms with van der Waals surface area (Å²) in [6, 6.07) is 11.7. The van der Waals surface area contributed by atoms with Gasteiger partial charge in [0.05, 0.1) is 38.1 Å². The minimum Gasteiger partial charge on any atom is -0.493 e. The van der Waals surface area contributed by atoms with Gasteiger partial charge in [0.15, 0.2) is 11.5 Å².